The Morgan fingerprint density at radius 2 is 0.483 bits per heavy atom. The SMILES string of the molecule is Cc1cccc(N(c2ccccc2)c2ccc(N(c3ccc(N(c4ccccc4)c4cccc(C)c4)cc3)c3ccc(N(c4ccccc4)c4cccc(C)c4)cc3)cc2)c1.Fc1c[c-]c(-c2ccccn2)c(F)c1.O=C(O)c1ccccn1.[Ir].c1ccc2c(c1)c1ccccc1n2-c1ccc(N(c2ccc(-n3c4ccccc4c4ccccc43)cc2)c2ccc(-n3c4ccccc4c4ccccc43)cc2)cc1. The van der Waals surface area contributed by atoms with E-state index in [9.17, 15) is 13.6 Å². The van der Waals surface area contributed by atoms with Crippen LogP contribution in [-0.2, 0) is 20.1 Å². The van der Waals surface area contributed by atoms with Gasteiger partial charge in [-0.3, -0.25) is 8.78 Å². The molecule has 0 spiro atoms. The third kappa shape index (κ3) is 19.5. The second kappa shape index (κ2) is 42.0. The van der Waals surface area contributed by atoms with Crippen molar-refractivity contribution in [1.82, 2.24) is 23.7 Å². The number of aryl methyl sites for hydroxylation is 3. The molecule has 0 saturated carbocycles. The number of halogens is 2. The van der Waals surface area contributed by atoms with Crippen molar-refractivity contribution in [2.45, 2.75) is 20.8 Å². The van der Waals surface area contributed by atoms with Crippen LogP contribution < -0.4 is 24.5 Å². The van der Waals surface area contributed by atoms with Crippen molar-refractivity contribution in [2.75, 3.05) is 24.5 Å². The molecule has 0 atom stereocenters. The van der Waals surface area contributed by atoms with E-state index in [0.717, 1.165) is 115 Å². The molecule has 0 aliphatic heterocycles. The van der Waals surface area contributed by atoms with E-state index in [4.69, 9.17) is 5.11 Å². The van der Waals surface area contributed by atoms with Crippen molar-refractivity contribution in [3.63, 3.8) is 0 Å². The average Bonchev–Trinajstić information content (AvgIpc) is 1.60. The first-order valence-corrected chi connectivity index (χ1v) is 47.2. The van der Waals surface area contributed by atoms with Gasteiger partial charge < -0.3 is 48.3 Å². The van der Waals surface area contributed by atoms with E-state index in [1.165, 1.54) is 94.4 Å². The number of hydrogen-bond donors (Lipinski definition) is 1. The van der Waals surface area contributed by atoms with Crippen LogP contribution in [0.25, 0.3) is 93.7 Å². The topological polar surface area (TPSA) is 94.1 Å². The van der Waals surface area contributed by atoms with Crippen molar-refractivity contribution < 1.29 is 38.8 Å². The predicted molar refractivity (Wildman–Crippen MR) is 583 cm³/mol. The van der Waals surface area contributed by atoms with Crippen LogP contribution in [0, 0.1) is 38.5 Å². The Kier molecular flexibility index (Phi) is 27.2. The van der Waals surface area contributed by atoms with Crippen molar-refractivity contribution in [3.8, 4) is 28.3 Å². The Labute approximate surface area is 842 Å². The Bertz CT molecular complexity index is 7710. The van der Waals surface area contributed by atoms with Gasteiger partial charge in [-0.15, -0.1) is 12.1 Å². The second-order valence-electron chi connectivity index (χ2n) is 34.7. The molecule has 0 unspecified atom stereocenters. The number of carboxylic acids is 1. The molecule has 0 aliphatic carbocycles. The summed E-state index contributed by atoms with van der Waals surface area (Å²) >= 11 is 0. The van der Waals surface area contributed by atoms with Gasteiger partial charge in [0.05, 0.1) is 33.1 Å². The molecule has 24 aromatic rings. The van der Waals surface area contributed by atoms with E-state index >= 15 is 0 Å². The summed E-state index contributed by atoms with van der Waals surface area (Å²) in [5.74, 6) is -2.28. The summed E-state index contributed by atoms with van der Waals surface area (Å²) in [7, 11) is 0. The Morgan fingerprint density at radius 3 is 0.720 bits per heavy atom. The number of carbonyl (C=O) groups is 1. The zero-order chi connectivity index (χ0) is 96.4. The Balaban J connectivity index is 0.000000142. The minimum Gasteiger partial charge on any atom is -0.477 e. The van der Waals surface area contributed by atoms with Crippen molar-refractivity contribution in [1.29, 1.82) is 0 Å². The minimum atomic E-state index is -0.990. The fourth-order valence-corrected chi connectivity index (χ4v) is 19.0. The maximum absolute atomic E-state index is 13.2. The minimum absolute atomic E-state index is 0. The van der Waals surface area contributed by atoms with Crippen LogP contribution >= 0.6 is 0 Å². The summed E-state index contributed by atoms with van der Waals surface area (Å²) in [6.07, 6.45) is 3.00. The first kappa shape index (κ1) is 92.6. The first-order valence-electron chi connectivity index (χ1n) is 47.2. The molecule has 24 rings (SSSR count). The molecule has 1 N–H and O–H groups in total. The summed E-state index contributed by atoms with van der Waals surface area (Å²) < 4.78 is 32.9. The number of pyridine rings is 2. The average molecular weight is 2040 g/mol. The quantitative estimate of drug-likeness (QED) is 0.0749. The van der Waals surface area contributed by atoms with Gasteiger partial charge in [0.1, 0.15) is 5.69 Å². The molecule has 0 bridgehead atoms. The number of rotatable bonds is 20. The van der Waals surface area contributed by atoms with Gasteiger partial charge >= 0.3 is 5.97 Å². The molecule has 0 aliphatic rings. The van der Waals surface area contributed by atoms with Crippen molar-refractivity contribution in [3.05, 3.63) is 556 Å². The van der Waals surface area contributed by atoms with E-state index in [2.05, 4.69) is 530 Å². The molecule has 12 nitrogen and oxygen atoms in total. The first-order chi connectivity index (χ1) is 69.9. The van der Waals surface area contributed by atoms with Gasteiger partial charge in [0.2, 0.25) is 0 Å². The van der Waals surface area contributed by atoms with Crippen molar-refractivity contribution >= 4 is 157 Å². The van der Waals surface area contributed by atoms with Crippen LogP contribution in [0.5, 0.6) is 0 Å². The normalized spacial score (nSPS) is 11.0. The van der Waals surface area contributed by atoms with Gasteiger partial charge in [-0.1, -0.05) is 230 Å². The molecule has 143 heavy (non-hydrogen) atoms. The largest absolute Gasteiger partial charge is 0.477 e. The predicted octanol–water partition coefficient (Wildman–Crippen LogP) is 34.5. The number of anilines is 15. The van der Waals surface area contributed by atoms with Gasteiger partial charge in [-0.2, -0.15) is 0 Å². The molecular formula is C128H95F2IrN10O2-. The number of carboxylic acid groups (broad SMARTS) is 1. The van der Waals surface area contributed by atoms with Gasteiger partial charge in [-0.05, 0) is 316 Å². The van der Waals surface area contributed by atoms with Crippen LogP contribution in [0.4, 0.5) is 94.1 Å². The molecule has 5 aromatic heterocycles. The van der Waals surface area contributed by atoms with Crippen LogP contribution in [-0.4, -0.2) is 34.7 Å². The fraction of sp³-hybridized carbons (Fsp3) is 0.0234. The molecule has 5 heterocycles. The number of para-hydroxylation sites is 9. The van der Waals surface area contributed by atoms with Crippen LogP contribution in [0.1, 0.15) is 27.2 Å². The molecule has 0 fully saturated rings. The third-order valence-corrected chi connectivity index (χ3v) is 25.4. The zero-order valence-corrected chi connectivity index (χ0v) is 80.9. The van der Waals surface area contributed by atoms with E-state index < -0.39 is 17.6 Å². The van der Waals surface area contributed by atoms with Gasteiger partial charge in [0.15, 0.2) is 0 Å². The second-order valence-corrected chi connectivity index (χ2v) is 34.7. The zero-order valence-electron chi connectivity index (χ0n) is 78.5. The monoisotopic (exact) mass is 2030 g/mol. The summed E-state index contributed by atoms with van der Waals surface area (Å²) in [5, 5.41) is 15.9. The Morgan fingerprint density at radius 1 is 0.252 bits per heavy atom. The number of aromatic carboxylic acids is 1. The third-order valence-electron chi connectivity index (χ3n) is 25.4. The molecule has 1 radical (unpaired) electrons. The van der Waals surface area contributed by atoms with Crippen LogP contribution in [0.3, 0.4) is 0 Å². The standard InChI is InChI=1S/C57H48N4.C54H36N4.C11H6F2N.C6H5NO2.Ir/c1-43-16-13-25-55(40-43)59(46-19-7-4-8-20-46)52-34-28-49(29-35-52)58(50-30-36-53(37-31-50)60(47-21-9-5-10-22-47)56-26-14-17-44(2)41-56)51-32-38-54(39-33-51)61(48-23-11-6-12-24-48)57-27-15-18-45(3)42-57;1-7-19-49-43(13-1)44-14-2-8-20-50(44)56(49)40-31-25-37(26-32-40)55(38-27-33-41(34-28-38)57-51-21-9-3-15-45(51)46-16-4-10-22-52(46)57)39-29-35-42(36-30-39)58-53-23-11-5-17-47(53)48-18-6-12-24-54(48)58;12-8-4-5-9(10(13)7-8)11-3-1-2-6-14-11;8-6(9)5-3-1-2-4-7-5;/h4-42H,1-3H3;1-36H;1-4,6-7H;1-4H,(H,8,9);/q;;-1;;. The maximum atomic E-state index is 13.2. The summed E-state index contributed by atoms with van der Waals surface area (Å²) in [6, 6.07) is 178. The molecule has 0 saturated heterocycles. The number of benzene rings is 19. The summed E-state index contributed by atoms with van der Waals surface area (Å²) in [6.45, 7) is 6.43. The van der Waals surface area contributed by atoms with Crippen LogP contribution in [0.2, 0.25) is 0 Å². The fourth-order valence-electron chi connectivity index (χ4n) is 19.0. The molecule has 19 aromatic carbocycles. The Hall–Kier alpha value is -18.1. The van der Waals surface area contributed by atoms with E-state index in [-0.39, 0.29) is 31.4 Å². The molecule has 0 amide bonds. The van der Waals surface area contributed by atoms with E-state index in [1.54, 1.807) is 36.5 Å². The summed E-state index contributed by atoms with van der Waals surface area (Å²) in [5.41, 5.74) is 31.3. The number of fused-ring (bicyclic) bond motifs is 9. The summed E-state index contributed by atoms with van der Waals surface area (Å²) in [4.78, 5) is 29.3. The van der Waals surface area contributed by atoms with Crippen LogP contribution in [0.15, 0.2) is 516 Å². The van der Waals surface area contributed by atoms with Gasteiger partial charge in [0.25, 0.3) is 0 Å². The van der Waals surface area contributed by atoms with Crippen molar-refractivity contribution in [2.24, 2.45) is 0 Å². The van der Waals surface area contributed by atoms with E-state index in [0.29, 0.717) is 5.69 Å². The number of hydrogen-bond acceptors (Lipinski definition) is 8. The van der Waals surface area contributed by atoms with Gasteiger partial charge in [-0.25, -0.2) is 9.78 Å². The maximum Gasteiger partial charge on any atom is 0.354 e. The smallest absolute Gasteiger partial charge is 0.354 e. The molecular weight excluding hydrogens is 1940 g/mol. The molecule has 15 heteroatoms. The number of aromatic nitrogens is 5. The van der Waals surface area contributed by atoms with Gasteiger partial charge in [0, 0.05) is 179 Å². The molecule has 693 valence electrons. The van der Waals surface area contributed by atoms with E-state index in [1.807, 2.05) is 0 Å². The number of nitrogens with zero attached hydrogens (tertiary/aromatic N) is 10.